The van der Waals surface area contributed by atoms with Crippen molar-refractivity contribution in [3.05, 3.63) is 80.2 Å². The van der Waals surface area contributed by atoms with Crippen LogP contribution in [0.1, 0.15) is 15.9 Å². The van der Waals surface area contributed by atoms with Crippen LogP contribution in [0, 0.1) is 0 Å². The van der Waals surface area contributed by atoms with Crippen molar-refractivity contribution >= 4 is 50.7 Å². The number of carbonyl (C=O) groups excluding carboxylic acids is 1. The van der Waals surface area contributed by atoms with Gasteiger partial charge in [-0.3, -0.25) is 4.79 Å². The van der Waals surface area contributed by atoms with E-state index in [1.807, 2.05) is 0 Å². The average molecular weight is 505 g/mol. The summed E-state index contributed by atoms with van der Waals surface area (Å²) >= 11 is 15.0. The Balaban J connectivity index is 1.97. The fraction of sp³-hybridized carbons (Fsp3) is 0.0500. The molecule has 0 saturated carbocycles. The standard InChI is InChI=1S/C20H11BrCl2F3NO2/c21-11-3-1-10(2-4-11)14-7-12(22)8-15(18(14)28)19(29)27-13-5-6-17(23)16(9-13)20(24,25)26/h1-9,28H,(H,27,29). The summed E-state index contributed by atoms with van der Waals surface area (Å²) in [5, 5.41) is 12.6. The second kappa shape index (κ2) is 8.26. The van der Waals surface area contributed by atoms with E-state index in [4.69, 9.17) is 23.2 Å². The molecule has 2 N–H and O–H groups in total. The van der Waals surface area contributed by atoms with Gasteiger partial charge in [-0.2, -0.15) is 13.2 Å². The normalized spacial score (nSPS) is 11.4. The van der Waals surface area contributed by atoms with Gasteiger partial charge in [-0.05, 0) is 48.0 Å². The Bertz CT molecular complexity index is 1090. The lowest BCUT2D eigenvalue weighted by Crippen LogP contribution is -2.14. The van der Waals surface area contributed by atoms with Crippen LogP contribution < -0.4 is 5.32 Å². The number of nitrogens with one attached hydrogen (secondary N) is 1. The minimum Gasteiger partial charge on any atom is -0.506 e. The molecule has 0 atom stereocenters. The maximum Gasteiger partial charge on any atom is 0.417 e. The van der Waals surface area contributed by atoms with Gasteiger partial charge in [0.05, 0.1) is 16.1 Å². The van der Waals surface area contributed by atoms with Gasteiger partial charge in [-0.1, -0.05) is 51.3 Å². The lowest BCUT2D eigenvalue weighted by atomic mass is 10.0. The monoisotopic (exact) mass is 503 g/mol. The third-order valence-electron chi connectivity index (χ3n) is 4.00. The van der Waals surface area contributed by atoms with Crippen molar-refractivity contribution in [1.29, 1.82) is 0 Å². The molecule has 0 unspecified atom stereocenters. The fourth-order valence-corrected chi connectivity index (χ4v) is 3.35. The number of amides is 1. The molecule has 0 aromatic heterocycles. The molecule has 3 aromatic carbocycles. The minimum absolute atomic E-state index is 0.128. The van der Waals surface area contributed by atoms with Gasteiger partial charge in [0.2, 0.25) is 0 Å². The number of rotatable bonds is 3. The summed E-state index contributed by atoms with van der Waals surface area (Å²) in [6.45, 7) is 0. The molecule has 0 aliphatic carbocycles. The maximum absolute atomic E-state index is 13.0. The van der Waals surface area contributed by atoms with Crippen molar-refractivity contribution in [3.63, 3.8) is 0 Å². The average Bonchev–Trinajstić information content (AvgIpc) is 2.64. The molecule has 3 aromatic rings. The van der Waals surface area contributed by atoms with Crippen LogP contribution in [0.15, 0.2) is 59.1 Å². The van der Waals surface area contributed by atoms with Crippen LogP contribution in [0.5, 0.6) is 5.75 Å². The van der Waals surface area contributed by atoms with Gasteiger partial charge in [0.25, 0.3) is 5.91 Å². The number of benzene rings is 3. The Kier molecular flexibility index (Phi) is 6.12. The molecule has 0 radical (unpaired) electrons. The van der Waals surface area contributed by atoms with E-state index in [1.54, 1.807) is 24.3 Å². The lowest BCUT2D eigenvalue weighted by Gasteiger charge is -2.14. The number of alkyl halides is 3. The fourth-order valence-electron chi connectivity index (χ4n) is 2.64. The highest BCUT2D eigenvalue weighted by molar-refractivity contribution is 9.10. The molecule has 0 heterocycles. The Hall–Kier alpha value is -2.22. The van der Waals surface area contributed by atoms with Gasteiger partial charge in [0.1, 0.15) is 5.75 Å². The molecule has 0 spiro atoms. The molecular formula is C20H11BrCl2F3NO2. The predicted molar refractivity (Wildman–Crippen MR) is 111 cm³/mol. The van der Waals surface area contributed by atoms with E-state index in [1.165, 1.54) is 18.2 Å². The van der Waals surface area contributed by atoms with E-state index < -0.39 is 22.7 Å². The predicted octanol–water partition coefficient (Wildman–Crippen LogP) is 7.40. The first kappa shape index (κ1) is 21.5. The second-order valence-electron chi connectivity index (χ2n) is 6.00. The zero-order valence-electron chi connectivity index (χ0n) is 14.3. The molecule has 9 heteroatoms. The molecule has 3 nitrogen and oxygen atoms in total. The highest BCUT2D eigenvalue weighted by atomic mass is 79.9. The molecule has 0 saturated heterocycles. The molecule has 3 rings (SSSR count). The molecule has 150 valence electrons. The Morgan fingerprint density at radius 2 is 1.66 bits per heavy atom. The first-order chi connectivity index (χ1) is 13.6. The summed E-state index contributed by atoms with van der Waals surface area (Å²) in [5.74, 6) is -1.17. The smallest absolute Gasteiger partial charge is 0.417 e. The lowest BCUT2D eigenvalue weighted by molar-refractivity contribution is -0.137. The van der Waals surface area contributed by atoms with E-state index in [0.717, 1.165) is 16.6 Å². The van der Waals surface area contributed by atoms with Gasteiger partial charge in [0.15, 0.2) is 0 Å². The number of aromatic hydroxyl groups is 1. The number of halogens is 6. The van der Waals surface area contributed by atoms with Crippen LogP contribution in [0.4, 0.5) is 18.9 Å². The SMILES string of the molecule is O=C(Nc1ccc(Cl)c(C(F)(F)F)c1)c1cc(Cl)cc(-c2ccc(Br)cc2)c1O. The summed E-state index contributed by atoms with van der Waals surface area (Å²) in [7, 11) is 0. The second-order valence-corrected chi connectivity index (χ2v) is 7.76. The molecule has 29 heavy (non-hydrogen) atoms. The summed E-state index contributed by atoms with van der Waals surface area (Å²) in [4.78, 5) is 12.6. The largest absolute Gasteiger partial charge is 0.506 e. The molecule has 1 amide bonds. The summed E-state index contributed by atoms with van der Waals surface area (Å²) in [6, 6.07) is 12.6. The van der Waals surface area contributed by atoms with Crippen molar-refractivity contribution in [2.75, 3.05) is 5.32 Å². The van der Waals surface area contributed by atoms with Crippen LogP contribution in [0.25, 0.3) is 11.1 Å². The van der Waals surface area contributed by atoms with E-state index in [2.05, 4.69) is 21.2 Å². The number of hydrogen-bond donors (Lipinski definition) is 2. The first-order valence-electron chi connectivity index (χ1n) is 8.03. The minimum atomic E-state index is -4.68. The number of anilines is 1. The molecule has 0 aliphatic heterocycles. The zero-order chi connectivity index (χ0) is 21.3. The summed E-state index contributed by atoms with van der Waals surface area (Å²) in [6.07, 6.45) is -4.68. The van der Waals surface area contributed by atoms with Gasteiger partial charge in [-0.15, -0.1) is 0 Å². The van der Waals surface area contributed by atoms with Crippen LogP contribution in [-0.4, -0.2) is 11.0 Å². The van der Waals surface area contributed by atoms with Gasteiger partial charge >= 0.3 is 6.18 Å². The molecule has 0 fully saturated rings. The van der Waals surface area contributed by atoms with E-state index >= 15 is 0 Å². The van der Waals surface area contributed by atoms with Crippen molar-refractivity contribution < 1.29 is 23.1 Å². The quantitative estimate of drug-likeness (QED) is 0.390. The Morgan fingerprint density at radius 1 is 1.00 bits per heavy atom. The van der Waals surface area contributed by atoms with Crippen LogP contribution in [0.2, 0.25) is 10.0 Å². The highest BCUT2D eigenvalue weighted by Crippen LogP contribution is 2.38. The Labute approximate surface area is 182 Å². The summed E-state index contributed by atoms with van der Waals surface area (Å²) in [5.41, 5.74) is -0.478. The zero-order valence-corrected chi connectivity index (χ0v) is 17.4. The van der Waals surface area contributed by atoms with Crippen molar-refractivity contribution in [1.82, 2.24) is 0 Å². The van der Waals surface area contributed by atoms with Gasteiger partial charge < -0.3 is 10.4 Å². The van der Waals surface area contributed by atoms with E-state index in [0.29, 0.717) is 11.1 Å². The number of phenols is 1. The molecule has 0 aliphatic rings. The van der Waals surface area contributed by atoms with E-state index in [-0.39, 0.29) is 22.0 Å². The topological polar surface area (TPSA) is 49.3 Å². The highest BCUT2D eigenvalue weighted by Gasteiger charge is 2.33. The third-order valence-corrected chi connectivity index (χ3v) is 5.08. The molecular weight excluding hydrogens is 494 g/mol. The number of carbonyl (C=O) groups is 1. The number of hydrogen-bond acceptors (Lipinski definition) is 2. The van der Waals surface area contributed by atoms with Crippen LogP contribution in [-0.2, 0) is 6.18 Å². The number of phenolic OH excluding ortho intramolecular Hbond substituents is 1. The van der Waals surface area contributed by atoms with Crippen molar-refractivity contribution in [2.45, 2.75) is 6.18 Å². The van der Waals surface area contributed by atoms with Crippen molar-refractivity contribution in [3.8, 4) is 16.9 Å². The summed E-state index contributed by atoms with van der Waals surface area (Å²) < 4.78 is 39.9. The first-order valence-corrected chi connectivity index (χ1v) is 9.57. The van der Waals surface area contributed by atoms with Gasteiger partial charge in [0, 0.05) is 20.7 Å². The molecule has 0 bridgehead atoms. The van der Waals surface area contributed by atoms with Crippen LogP contribution in [0.3, 0.4) is 0 Å². The van der Waals surface area contributed by atoms with Crippen molar-refractivity contribution in [2.24, 2.45) is 0 Å². The van der Waals surface area contributed by atoms with Gasteiger partial charge in [-0.25, -0.2) is 0 Å². The van der Waals surface area contributed by atoms with Crippen LogP contribution >= 0.6 is 39.1 Å². The third kappa shape index (κ3) is 4.86. The maximum atomic E-state index is 13.0. The Morgan fingerprint density at radius 3 is 2.28 bits per heavy atom. The van der Waals surface area contributed by atoms with E-state index in [9.17, 15) is 23.1 Å².